The third kappa shape index (κ3) is 0.664. The molecular formula is C5H5IN4. The number of rotatable bonds is 0. The molecule has 0 aliphatic heterocycles. The van der Waals surface area contributed by atoms with Gasteiger partial charge in [-0.2, -0.15) is 13.1 Å². The minimum absolute atomic E-state index is 0.970. The second-order valence-corrected chi connectivity index (χ2v) is 2.99. The molecule has 0 radical (unpaired) electrons. The third-order valence-corrected chi connectivity index (χ3v) is 2.13. The first-order chi connectivity index (χ1) is 4.79. The zero-order valence-corrected chi connectivity index (χ0v) is 7.45. The monoisotopic (exact) mass is 248 g/mol. The van der Waals surface area contributed by atoms with Gasteiger partial charge in [-0.3, -0.25) is 5.10 Å². The summed E-state index contributed by atoms with van der Waals surface area (Å²) >= 11 is 2.11. The Labute approximate surface area is 71.1 Å². The molecule has 2 heterocycles. The van der Waals surface area contributed by atoms with Gasteiger partial charge in [0.25, 0.3) is 0 Å². The van der Waals surface area contributed by atoms with Gasteiger partial charge >= 0.3 is 0 Å². The number of hydrogen-bond donors (Lipinski definition) is 1. The Morgan fingerprint density at radius 3 is 3.20 bits per heavy atom. The Morgan fingerprint density at radius 2 is 2.50 bits per heavy atom. The number of H-pyrrole nitrogens is 1. The van der Waals surface area contributed by atoms with Crippen LogP contribution in [0.25, 0.3) is 11.0 Å². The largest absolute Gasteiger partial charge is 0.260 e. The summed E-state index contributed by atoms with van der Waals surface area (Å²) in [6.45, 7) is 1.97. The number of nitrogens with zero attached hydrogens (tertiary/aromatic N) is 3. The summed E-state index contributed by atoms with van der Waals surface area (Å²) in [6.07, 6.45) is 1.78. The summed E-state index contributed by atoms with van der Waals surface area (Å²) in [5, 5.41) is 12.0. The van der Waals surface area contributed by atoms with Crippen LogP contribution in [-0.4, -0.2) is 18.2 Å². The van der Waals surface area contributed by atoms with Crippen LogP contribution in [0, 0.1) is 6.92 Å². The topological polar surface area (TPSA) is 46.5 Å². The number of fused-ring (bicyclic) bond motifs is 1. The Balaban J connectivity index is 2.98. The van der Waals surface area contributed by atoms with Crippen molar-refractivity contribution < 1.29 is 0 Å². The van der Waals surface area contributed by atoms with Crippen LogP contribution in [0.4, 0.5) is 0 Å². The summed E-state index contributed by atoms with van der Waals surface area (Å²) in [6, 6.07) is 0. The Kier molecular flexibility index (Phi) is 1.19. The molecule has 5 heteroatoms. The highest BCUT2D eigenvalue weighted by molar-refractivity contribution is 14.1. The normalized spacial score (nSPS) is 11.0. The fraction of sp³-hybridized carbons (Fsp3) is 0.200. The van der Waals surface area contributed by atoms with Gasteiger partial charge < -0.3 is 0 Å². The molecule has 0 saturated carbocycles. The second-order valence-electron chi connectivity index (χ2n) is 2.08. The second kappa shape index (κ2) is 1.94. The summed E-state index contributed by atoms with van der Waals surface area (Å²) in [5.74, 6) is 0. The molecule has 0 aliphatic rings. The molecule has 2 aromatic heterocycles. The van der Waals surface area contributed by atoms with Crippen molar-refractivity contribution >= 4 is 33.9 Å². The first-order valence-corrected chi connectivity index (χ1v) is 3.80. The van der Waals surface area contributed by atoms with Crippen LogP contribution in [0.15, 0.2) is 6.20 Å². The average Bonchev–Trinajstić information content (AvgIpc) is 2.39. The van der Waals surface area contributed by atoms with Gasteiger partial charge in [0.2, 0.25) is 0 Å². The lowest BCUT2D eigenvalue weighted by Gasteiger charge is -1.81. The van der Waals surface area contributed by atoms with Crippen molar-refractivity contribution in [2.75, 3.05) is 0 Å². The van der Waals surface area contributed by atoms with Gasteiger partial charge in [0.1, 0.15) is 0 Å². The van der Waals surface area contributed by atoms with Crippen molar-refractivity contribution in [3.63, 3.8) is 0 Å². The highest BCUT2D eigenvalue weighted by Gasteiger charge is 2.05. The third-order valence-electron chi connectivity index (χ3n) is 1.43. The molecule has 0 bridgehead atoms. The predicted molar refractivity (Wildman–Crippen MR) is 46.0 cm³/mol. The molecule has 2 rings (SSSR count). The number of aryl methyl sites for hydroxylation is 1. The lowest BCUT2D eigenvalue weighted by molar-refractivity contribution is 0.992. The maximum atomic E-state index is 4.18. The zero-order valence-electron chi connectivity index (χ0n) is 5.30. The highest BCUT2D eigenvalue weighted by atomic mass is 127. The minimum atomic E-state index is 0.970. The number of aromatic nitrogens is 4. The van der Waals surface area contributed by atoms with E-state index in [-0.39, 0.29) is 0 Å². The number of halogens is 1. The molecule has 0 spiro atoms. The van der Waals surface area contributed by atoms with Crippen LogP contribution in [0.5, 0.6) is 0 Å². The van der Waals surface area contributed by atoms with Gasteiger partial charge in [0, 0.05) is 0 Å². The van der Waals surface area contributed by atoms with Gasteiger partial charge in [-0.1, -0.05) is 0 Å². The molecule has 4 nitrogen and oxygen atoms in total. The quantitative estimate of drug-likeness (QED) is 0.713. The molecule has 0 amide bonds. The standard InChI is InChI=1S/C5H5IN4/c1-3-4-2-7-8-5(4)10(6)9-3/h2H,1H3,(H,7,8). The van der Waals surface area contributed by atoms with Crippen molar-refractivity contribution in [1.82, 2.24) is 18.2 Å². The molecule has 0 saturated heterocycles. The van der Waals surface area contributed by atoms with Crippen LogP contribution in [0.1, 0.15) is 5.69 Å². The van der Waals surface area contributed by atoms with Gasteiger partial charge in [-0.05, 0) is 6.92 Å². The lowest BCUT2D eigenvalue weighted by atomic mass is 10.3. The Morgan fingerprint density at radius 1 is 1.70 bits per heavy atom. The summed E-state index contributed by atoms with van der Waals surface area (Å²) in [5.41, 5.74) is 1.98. The maximum Gasteiger partial charge on any atom is 0.164 e. The van der Waals surface area contributed by atoms with E-state index in [2.05, 4.69) is 38.2 Å². The van der Waals surface area contributed by atoms with Crippen LogP contribution >= 0.6 is 22.9 Å². The minimum Gasteiger partial charge on any atom is -0.260 e. The van der Waals surface area contributed by atoms with Crippen molar-refractivity contribution in [3.05, 3.63) is 11.9 Å². The fourth-order valence-electron chi connectivity index (χ4n) is 0.920. The molecule has 0 aliphatic carbocycles. The average molecular weight is 248 g/mol. The zero-order chi connectivity index (χ0) is 7.14. The van der Waals surface area contributed by atoms with E-state index in [4.69, 9.17) is 0 Å². The van der Waals surface area contributed by atoms with Crippen LogP contribution in [0.3, 0.4) is 0 Å². The van der Waals surface area contributed by atoms with Crippen molar-refractivity contribution in [3.8, 4) is 0 Å². The molecule has 0 fully saturated rings. The number of hydrogen-bond acceptors (Lipinski definition) is 2. The predicted octanol–water partition coefficient (Wildman–Crippen LogP) is 1.27. The van der Waals surface area contributed by atoms with Crippen LogP contribution in [0.2, 0.25) is 0 Å². The Hall–Kier alpha value is -0.590. The summed E-state index contributed by atoms with van der Waals surface area (Å²) in [4.78, 5) is 0. The number of aromatic amines is 1. The van der Waals surface area contributed by atoms with Crippen LogP contribution in [-0.2, 0) is 0 Å². The summed E-state index contributed by atoms with van der Waals surface area (Å²) in [7, 11) is 0. The van der Waals surface area contributed by atoms with Crippen LogP contribution < -0.4 is 0 Å². The highest BCUT2D eigenvalue weighted by Crippen LogP contribution is 2.15. The molecule has 0 aromatic carbocycles. The molecule has 10 heavy (non-hydrogen) atoms. The molecule has 2 aromatic rings. The van der Waals surface area contributed by atoms with E-state index in [0.29, 0.717) is 0 Å². The van der Waals surface area contributed by atoms with E-state index in [1.807, 2.05) is 6.92 Å². The van der Waals surface area contributed by atoms with Crippen molar-refractivity contribution in [2.24, 2.45) is 0 Å². The first kappa shape index (κ1) is 6.14. The maximum absolute atomic E-state index is 4.18. The molecule has 0 unspecified atom stereocenters. The fourth-order valence-corrected chi connectivity index (χ4v) is 1.61. The van der Waals surface area contributed by atoms with E-state index in [1.165, 1.54) is 0 Å². The van der Waals surface area contributed by atoms with Crippen molar-refractivity contribution in [2.45, 2.75) is 6.92 Å². The molecule has 0 atom stereocenters. The van der Waals surface area contributed by atoms with Crippen molar-refractivity contribution in [1.29, 1.82) is 0 Å². The van der Waals surface area contributed by atoms with E-state index in [0.717, 1.165) is 16.7 Å². The van der Waals surface area contributed by atoms with E-state index < -0.39 is 0 Å². The van der Waals surface area contributed by atoms with E-state index in [1.54, 1.807) is 9.09 Å². The van der Waals surface area contributed by atoms with Gasteiger partial charge in [-0.15, -0.1) is 0 Å². The van der Waals surface area contributed by atoms with E-state index >= 15 is 0 Å². The molecule has 1 N–H and O–H groups in total. The number of nitrogens with one attached hydrogen (secondary N) is 1. The van der Waals surface area contributed by atoms with Gasteiger partial charge in [-0.25, -0.2) is 0 Å². The first-order valence-electron chi connectivity index (χ1n) is 2.84. The lowest BCUT2D eigenvalue weighted by Crippen LogP contribution is -1.82. The molecular weight excluding hydrogens is 243 g/mol. The molecule has 52 valence electrons. The van der Waals surface area contributed by atoms with Gasteiger partial charge in [0.05, 0.1) is 40.1 Å². The smallest absolute Gasteiger partial charge is 0.164 e. The van der Waals surface area contributed by atoms with Gasteiger partial charge in [0.15, 0.2) is 5.65 Å². The summed E-state index contributed by atoms with van der Waals surface area (Å²) < 4.78 is 1.76. The SMILES string of the molecule is Cc1nn(I)c2[nH]ncc12. The van der Waals surface area contributed by atoms with E-state index in [9.17, 15) is 0 Å². The Bertz CT molecular complexity index is 329.